The second kappa shape index (κ2) is 7.37. The lowest BCUT2D eigenvalue weighted by atomic mass is 10.1. The zero-order valence-corrected chi connectivity index (χ0v) is 16.7. The summed E-state index contributed by atoms with van der Waals surface area (Å²) in [5, 5.41) is 9.82. The van der Waals surface area contributed by atoms with E-state index in [1.54, 1.807) is 0 Å². The van der Waals surface area contributed by atoms with E-state index in [4.69, 9.17) is 11.6 Å². The summed E-state index contributed by atoms with van der Waals surface area (Å²) >= 11 is 7.66. The molecule has 2 aromatic carbocycles. The van der Waals surface area contributed by atoms with Crippen molar-refractivity contribution in [2.24, 2.45) is 7.05 Å². The monoisotopic (exact) mass is 398 g/mol. The highest BCUT2D eigenvalue weighted by atomic mass is 35.5. The van der Waals surface area contributed by atoms with Crippen molar-refractivity contribution in [3.8, 4) is 11.4 Å². The molecule has 1 aromatic heterocycles. The van der Waals surface area contributed by atoms with Gasteiger partial charge in [0.05, 0.1) is 10.8 Å². The molecule has 5 nitrogen and oxygen atoms in total. The van der Waals surface area contributed by atoms with Crippen LogP contribution in [0.3, 0.4) is 0 Å². The van der Waals surface area contributed by atoms with Gasteiger partial charge in [0.25, 0.3) is 0 Å². The van der Waals surface area contributed by atoms with Crippen molar-refractivity contribution in [2.45, 2.75) is 24.5 Å². The number of aromatic nitrogens is 3. The number of para-hydroxylation sites is 1. The number of rotatable bonds is 4. The van der Waals surface area contributed by atoms with Gasteiger partial charge in [0.15, 0.2) is 11.0 Å². The molecule has 0 saturated heterocycles. The van der Waals surface area contributed by atoms with Gasteiger partial charge in [0.1, 0.15) is 0 Å². The van der Waals surface area contributed by atoms with Crippen LogP contribution in [0.5, 0.6) is 0 Å². The minimum absolute atomic E-state index is 0.0831. The fraction of sp³-hybridized carbons (Fsp3) is 0.250. The molecule has 0 bridgehead atoms. The molecule has 0 fully saturated rings. The van der Waals surface area contributed by atoms with Crippen LogP contribution in [0.2, 0.25) is 5.02 Å². The van der Waals surface area contributed by atoms with Gasteiger partial charge in [-0.2, -0.15) is 0 Å². The molecule has 0 saturated carbocycles. The highest BCUT2D eigenvalue weighted by molar-refractivity contribution is 7.99. The zero-order valence-electron chi connectivity index (χ0n) is 15.1. The number of carbonyl (C=O) groups is 1. The van der Waals surface area contributed by atoms with Crippen molar-refractivity contribution < 1.29 is 4.79 Å². The minimum Gasteiger partial charge on any atom is -0.308 e. The maximum Gasteiger partial charge on any atom is 0.237 e. The van der Waals surface area contributed by atoms with Crippen molar-refractivity contribution in [1.82, 2.24) is 14.8 Å². The molecule has 0 spiro atoms. The largest absolute Gasteiger partial charge is 0.308 e. The van der Waals surface area contributed by atoms with Crippen molar-refractivity contribution in [3.63, 3.8) is 0 Å². The van der Waals surface area contributed by atoms with Gasteiger partial charge in [-0.15, -0.1) is 10.2 Å². The van der Waals surface area contributed by atoms with E-state index < -0.39 is 0 Å². The van der Waals surface area contributed by atoms with Crippen molar-refractivity contribution in [3.05, 3.63) is 59.1 Å². The quantitative estimate of drug-likeness (QED) is 0.618. The third kappa shape index (κ3) is 3.35. The normalized spacial score (nSPS) is 15.8. The fourth-order valence-electron chi connectivity index (χ4n) is 3.46. The predicted molar refractivity (Wildman–Crippen MR) is 109 cm³/mol. The number of nitrogens with zero attached hydrogens (tertiary/aromatic N) is 4. The van der Waals surface area contributed by atoms with Crippen molar-refractivity contribution in [1.29, 1.82) is 0 Å². The summed E-state index contributed by atoms with van der Waals surface area (Å²) < 4.78 is 1.88. The summed E-state index contributed by atoms with van der Waals surface area (Å²) in [6.45, 7) is 2.08. The Balaban J connectivity index is 1.50. The first-order valence-electron chi connectivity index (χ1n) is 8.73. The van der Waals surface area contributed by atoms with Crippen LogP contribution in [0.25, 0.3) is 11.4 Å². The third-order valence-electron chi connectivity index (χ3n) is 4.75. The van der Waals surface area contributed by atoms with Crippen LogP contribution in [0, 0.1) is 0 Å². The molecule has 0 N–H and O–H groups in total. The van der Waals surface area contributed by atoms with Gasteiger partial charge in [-0.25, -0.2) is 0 Å². The molecule has 0 radical (unpaired) electrons. The molecule has 27 heavy (non-hydrogen) atoms. The topological polar surface area (TPSA) is 51.0 Å². The van der Waals surface area contributed by atoms with E-state index in [0.29, 0.717) is 21.8 Å². The SMILES string of the molecule is C[C@@H]1Cc2ccccc2N1C(=O)CSc1nnc(-c2ccccc2Cl)n1C. The van der Waals surface area contributed by atoms with E-state index >= 15 is 0 Å². The maximum atomic E-state index is 12.9. The average Bonchev–Trinajstić information content (AvgIpc) is 3.19. The van der Waals surface area contributed by atoms with Crippen LogP contribution >= 0.6 is 23.4 Å². The van der Waals surface area contributed by atoms with Crippen LogP contribution in [-0.4, -0.2) is 32.5 Å². The van der Waals surface area contributed by atoms with Crippen LogP contribution in [0.1, 0.15) is 12.5 Å². The highest BCUT2D eigenvalue weighted by Crippen LogP contribution is 2.33. The summed E-state index contributed by atoms with van der Waals surface area (Å²) in [5.74, 6) is 1.09. The first-order valence-corrected chi connectivity index (χ1v) is 10.1. The summed E-state index contributed by atoms with van der Waals surface area (Å²) in [4.78, 5) is 14.8. The van der Waals surface area contributed by atoms with Gasteiger partial charge < -0.3 is 9.47 Å². The number of hydrogen-bond donors (Lipinski definition) is 0. The van der Waals surface area contributed by atoms with Gasteiger partial charge in [0, 0.05) is 24.3 Å². The Bertz CT molecular complexity index is 1000. The van der Waals surface area contributed by atoms with E-state index in [1.165, 1.54) is 17.3 Å². The van der Waals surface area contributed by atoms with Crippen LogP contribution in [0.15, 0.2) is 53.7 Å². The molecule has 3 aromatic rings. The number of benzene rings is 2. The van der Waals surface area contributed by atoms with Gasteiger partial charge in [-0.05, 0) is 37.1 Å². The van der Waals surface area contributed by atoms with E-state index in [0.717, 1.165) is 17.7 Å². The molecule has 0 unspecified atom stereocenters. The molecule has 7 heteroatoms. The Morgan fingerprint density at radius 1 is 1.19 bits per heavy atom. The number of anilines is 1. The highest BCUT2D eigenvalue weighted by Gasteiger charge is 2.30. The summed E-state index contributed by atoms with van der Waals surface area (Å²) in [6, 6.07) is 15.8. The van der Waals surface area contributed by atoms with E-state index in [9.17, 15) is 4.79 Å². The molecular formula is C20H19ClN4OS. The molecular weight excluding hydrogens is 380 g/mol. The number of carbonyl (C=O) groups excluding carboxylic acids is 1. The lowest BCUT2D eigenvalue weighted by Gasteiger charge is -2.22. The van der Waals surface area contributed by atoms with Crippen LogP contribution < -0.4 is 4.90 Å². The lowest BCUT2D eigenvalue weighted by molar-refractivity contribution is -0.116. The predicted octanol–water partition coefficient (Wildman–Crippen LogP) is 4.21. The number of hydrogen-bond acceptors (Lipinski definition) is 4. The Morgan fingerprint density at radius 3 is 2.74 bits per heavy atom. The summed E-state index contributed by atoms with van der Waals surface area (Å²) in [5.41, 5.74) is 3.07. The fourth-order valence-corrected chi connectivity index (χ4v) is 4.45. The Hall–Kier alpha value is -2.31. The molecule has 1 aliphatic heterocycles. The van der Waals surface area contributed by atoms with Crippen molar-refractivity contribution >= 4 is 35.0 Å². The van der Waals surface area contributed by atoms with Crippen LogP contribution in [-0.2, 0) is 18.3 Å². The van der Waals surface area contributed by atoms with E-state index in [1.807, 2.05) is 59.0 Å². The molecule has 2 heterocycles. The Morgan fingerprint density at radius 2 is 1.93 bits per heavy atom. The minimum atomic E-state index is 0.0831. The third-order valence-corrected chi connectivity index (χ3v) is 6.08. The van der Waals surface area contributed by atoms with E-state index in [-0.39, 0.29) is 11.9 Å². The first-order chi connectivity index (χ1) is 13.1. The molecule has 0 aliphatic carbocycles. The molecule has 1 atom stereocenters. The smallest absolute Gasteiger partial charge is 0.237 e. The van der Waals surface area contributed by atoms with Gasteiger partial charge in [0.2, 0.25) is 5.91 Å². The maximum absolute atomic E-state index is 12.9. The lowest BCUT2D eigenvalue weighted by Crippen LogP contribution is -2.37. The summed E-state index contributed by atoms with van der Waals surface area (Å²) in [6.07, 6.45) is 0.896. The van der Waals surface area contributed by atoms with E-state index in [2.05, 4.69) is 23.2 Å². The van der Waals surface area contributed by atoms with Gasteiger partial charge in [-0.3, -0.25) is 4.79 Å². The number of amides is 1. The summed E-state index contributed by atoms with van der Waals surface area (Å²) in [7, 11) is 1.89. The van der Waals surface area contributed by atoms with Crippen molar-refractivity contribution in [2.75, 3.05) is 10.7 Å². The van der Waals surface area contributed by atoms with Gasteiger partial charge in [-0.1, -0.05) is 53.7 Å². The second-order valence-corrected chi connectivity index (χ2v) is 7.93. The van der Waals surface area contributed by atoms with Gasteiger partial charge >= 0.3 is 0 Å². The number of halogens is 1. The molecule has 1 amide bonds. The zero-order chi connectivity index (χ0) is 19.0. The Labute approximate surface area is 167 Å². The first kappa shape index (κ1) is 18.1. The Kier molecular flexibility index (Phi) is 4.93. The average molecular weight is 399 g/mol. The standard InChI is InChI=1S/C20H19ClN4OS/c1-13-11-14-7-3-6-10-17(14)25(13)18(26)12-27-20-23-22-19(24(20)2)15-8-4-5-9-16(15)21/h3-10,13H,11-12H2,1-2H3/t13-/m1/s1. The molecule has 4 rings (SSSR count). The second-order valence-electron chi connectivity index (χ2n) is 6.58. The molecule has 138 valence electrons. The molecule has 1 aliphatic rings. The number of thioether (sulfide) groups is 1. The van der Waals surface area contributed by atoms with Crippen LogP contribution in [0.4, 0.5) is 5.69 Å². The number of fused-ring (bicyclic) bond motifs is 1.